The Hall–Kier alpha value is -2.21. The number of benzene rings is 1. The number of hydrogen-bond acceptors (Lipinski definition) is 4. The molecule has 3 atom stereocenters. The summed E-state index contributed by atoms with van der Waals surface area (Å²) in [5.41, 5.74) is 0.909. The van der Waals surface area contributed by atoms with Crippen LogP contribution in [-0.2, 0) is 0 Å². The van der Waals surface area contributed by atoms with Crippen LogP contribution in [0.5, 0.6) is 0 Å². The highest BCUT2D eigenvalue weighted by Gasteiger charge is 2.46. The summed E-state index contributed by atoms with van der Waals surface area (Å²) in [6, 6.07) is 9.12. The van der Waals surface area contributed by atoms with E-state index in [0.717, 1.165) is 24.3 Å². The first-order valence-electron chi connectivity index (χ1n) is 12.3. The smallest absolute Gasteiger partial charge is 0.360 e. The van der Waals surface area contributed by atoms with Gasteiger partial charge in [-0.15, -0.1) is 0 Å². The summed E-state index contributed by atoms with van der Waals surface area (Å²) in [5, 5.41) is 9.57. The van der Waals surface area contributed by atoms with Crippen molar-refractivity contribution in [2.45, 2.75) is 96.3 Å². The third-order valence-corrected chi connectivity index (χ3v) is 8.47. The number of fused-ring (bicyclic) bond motifs is 3. The van der Waals surface area contributed by atoms with Crippen LogP contribution in [0.3, 0.4) is 0 Å². The number of carboxylic acid groups (broad SMARTS) is 1. The minimum absolute atomic E-state index is 0.0353. The van der Waals surface area contributed by atoms with Crippen molar-refractivity contribution >= 4 is 17.0 Å². The maximum atomic E-state index is 13.2. The Morgan fingerprint density at radius 1 is 0.938 bits per heavy atom. The summed E-state index contributed by atoms with van der Waals surface area (Å²) < 4.78 is 1.75. The summed E-state index contributed by atoms with van der Waals surface area (Å²) in [5.74, 6) is -0.435. The molecule has 3 aliphatic rings. The van der Waals surface area contributed by atoms with Crippen LogP contribution in [0.1, 0.15) is 88.7 Å². The van der Waals surface area contributed by atoms with Crippen molar-refractivity contribution in [3.63, 3.8) is 0 Å². The second-order valence-electron chi connectivity index (χ2n) is 11.3. The molecular formula is C26H35N3O3. The highest BCUT2D eigenvalue weighted by Crippen LogP contribution is 2.46. The van der Waals surface area contributed by atoms with Crippen LogP contribution in [0.25, 0.3) is 11.0 Å². The molecule has 1 aromatic heterocycles. The van der Waals surface area contributed by atoms with E-state index in [0.29, 0.717) is 29.1 Å². The lowest BCUT2D eigenvalue weighted by atomic mass is 9.71. The van der Waals surface area contributed by atoms with Crippen LogP contribution in [0.4, 0.5) is 0 Å². The van der Waals surface area contributed by atoms with Gasteiger partial charge in [-0.05, 0) is 74.8 Å². The van der Waals surface area contributed by atoms with Crippen molar-refractivity contribution in [3.8, 4) is 0 Å². The van der Waals surface area contributed by atoms with Gasteiger partial charge >= 0.3 is 5.97 Å². The first kappa shape index (κ1) is 21.6. The standard InChI is InChI=1S/C26H35N3O3/c1-26(2,3)16-8-10-17(11-9-16)28-18-12-13-19(28)15-20(14-18)29-22-7-5-4-6-21(22)27-23(24(29)30)25(31)32/h4-7,16-20H,8-15H2,1-3H3,(H,31,32)/t16-,17-,18-,19+,20+. The molecule has 2 saturated heterocycles. The molecule has 3 heterocycles. The van der Waals surface area contributed by atoms with Gasteiger partial charge in [-0.25, -0.2) is 9.78 Å². The van der Waals surface area contributed by atoms with Crippen LogP contribution in [0.2, 0.25) is 0 Å². The molecule has 1 aliphatic carbocycles. The van der Waals surface area contributed by atoms with Crippen molar-refractivity contribution < 1.29 is 9.90 Å². The molecule has 172 valence electrons. The third kappa shape index (κ3) is 3.66. The van der Waals surface area contributed by atoms with Gasteiger partial charge in [-0.3, -0.25) is 9.69 Å². The largest absolute Gasteiger partial charge is 0.476 e. The van der Waals surface area contributed by atoms with E-state index in [9.17, 15) is 14.7 Å². The molecule has 1 saturated carbocycles. The molecule has 6 nitrogen and oxygen atoms in total. The Morgan fingerprint density at radius 3 is 2.12 bits per heavy atom. The van der Waals surface area contributed by atoms with Crippen LogP contribution < -0.4 is 5.56 Å². The van der Waals surface area contributed by atoms with E-state index >= 15 is 0 Å². The van der Waals surface area contributed by atoms with Crippen molar-refractivity contribution in [3.05, 3.63) is 40.3 Å². The molecule has 32 heavy (non-hydrogen) atoms. The van der Waals surface area contributed by atoms with Crippen LogP contribution in [0.15, 0.2) is 29.1 Å². The van der Waals surface area contributed by atoms with E-state index in [1.807, 2.05) is 18.2 Å². The molecule has 1 aromatic carbocycles. The zero-order valence-electron chi connectivity index (χ0n) is 19.5. The van der Waals surface area contributed by atoms with Crippen LogP contribution in [0, 0.1) is 11.3 Å². The van der Waals surface area contributed by atoms with Gasteiger partial charge in [0.1, 0.15) is 0 Å². The van der Waals surface area contributed by atoms with Gasteiger partial charge in [0.25, 0.3) is 5.56 Å². The fourth-order valence-corrected chi connectivity index (χ4v) is 6.89. The second-order valence-corrected chi connectivity index (χ2v) is 11.3. The van der Waals surface area contributed by atoms with E-state index in [1.165, 1.54) is 38.5 Å². The average Bonchev–Trinajstić information content (AvgIpc) is 3.02. The normalized spacial score (nSPS) is 31.2. The summed E-state index contributed by atoms with van der Waals surface area (Å²) >= 11 is 0. The van der Waals surface area contributed by atoms with Gasteiger partial charge in [0.05, 0.1) is 11.0 Å². The summed E-state index contributed by atoms with van der Waals surface area (Å²) in [6.45, 7) is 7.11. The second kappa shape index (κ2) is 7.98. The summed E-state index contributed by atoms with van der Waals surface area (Å²) in [4.78, 5) is 31.8. The topological polar surface area (TPSA) is 75.4 Å². The molecular weight excluding hydrogens is 402 g/mol. The molecule has 0 radical (unpaired) electrons. The molecule has 2 aromatic rings. The van der Waals surface area contributed by atoms with Gasteiger partial charge in [0.2, 0.25) is 5.69 Å². The molecule has 1 N–H and O–H groups in total. The predicted octanol–water partition coefficient (Wildman–Crippen LogP) is 4.87. The van der Waals surface area contributed by atoms with E-state index in [1.54, 1.807) is 10.6 Å². The fraction of sp³-hybridized carbons (Fsp3) is 0.654. The molecule has 3 fully saturated rings. The third-order valence-electron chi connectivity index (χ3n) is 8.47. The minimum atomic E-state index is -1.24. The van der Waals surface area contributed by atoms with Crippen LogP contribution >= 0.6 is 0 Å². The average molecular weight is 438 g/mol. The first-order valence-corrected chi connectivity index (χ1v) is 12.3. The number of piperidine rings is 1. The van der Waals surface area contributed by atoms with Crippen molar-refractivity contribution in [1.82, 2.24) is 14.5 Å². The molecule has 0 spiro atoms. The Morgan fingerprint density at radius 2 is 1.53 bits per heavy atom. The first-order chi connectivity index (χ1) is 15.2. The summed E-state index contributed by atoms with van der Waals surface area (Å²) in [6.07, 6.45) is 9.38. The van der Waals surface area contributed by atoms with E-state index < -0.39 is 11.5 Å². The molecule has 0 amide bonds. The molecule has 5 rings (SSSR count). The number of aromatic carboxylic acids is 1. The quantitative estimate of drug-likeness (QED) is 0.742. The molecule has 6 heteroatoms. The number of aromatic nitrogens is 2. The zero-order chi connectivity index (χ0) is 22.6. The fourth-order valence-electron chi connectivity index (χ4n) is 6.89. The van der Waals surface area contributed by atoms with Gasteiger partial charge in [-0.2, -0.15) is 0 Å². The number of rotatable bonds is 3. The van der Waals surface area contributed by atoms with Gasteiger partial charge in [0, 0.05) is 24.2 Å². The summed E-state index contributed by atoms with van der Waals surface area (Å²) in [7, 11) is 0. The van der Waals surface area contributed by atoms with Crippen molar-refractivity contribution in [1.29, 1.82) is 0 Å². The number of nitrogens with zero attached hydrogens (tertiary/aromatic N) is 3. The molecule has 0 unspecified atom stereocenters. The number of hydrogen-bond donors (Lipinski definition) is 1. The SMILES string of the molecule is CC(C)(C)[C@H]1CC[C@H](N2[C@@H]3CC[C@H]2C[C@@H](n2c(=O)c(C(=O)O)nc4ccccc42)C3)CC1. The Bertz CT molecular complexity index is 1060. The van der Waals surface area contributed by atoms with E-state index in [-0.39, 0.29) is 11.7 Å². The lowest BCUT2D eigenvalue weighted by molar-refractivity contribution is 0.0249. The minimum Gasteiger partial charge on any atom is -0.476 e. The molecule has 2 bridgehead atoms. The van der Waals surface area contributed by atoms with Gasteiger partial charge in [0.15, 0.2) is 0 Å². The van der Waals surface area contributed by atoms with Crippen LogP contribution in [-0.4, -0.2) is 43.7 Å². The Labute approximate surface area is 189 Å². The predicted molar refractivity (Wildman–Crippen MR) is 125 cm³/mol. The van der Waals surface area contributed by atoms with Crippen molar-refractivity contribution in [2.75, 3.05) is 0 Å². The lowest BCUT2D eigenvalue weighted by Crippen LogP contribution is -2.51. The maximum Gasteiger partial charge on any atom is 0.360 e. The van der Waals surface area contributed by atoms with Crippen molar-refractivity contribution in [2.24, 2.45) is 11.3 Å². The van der Waals surface area contributed by atoms with E-state index in [4.69, 9.17) is 0 Å². The van der Waals surface area contributed by atoms with Gasteiger partial charge in [-0.1, -0.05) is 32.9 Å². The Kier molecular flexibility index (Phi) is 5.39. The highest BCUT2D eigenvalue weighted by atomic mass is 16.4. The lowest BCUT2D eigenvalue weighted by Gasteiger charge is -2.47. The zero-order valence-corrected chi connectivity index (χ0v) is 19.5. The number of carbonyl (C=O) groups is 1. The van der Waals surface area contributed by atoms with Gasteiger partial charge < -0.3 is 9.67 Å². The maximum absolute atomic E-state index is 13.2. The monoisotopic (exact) mass is 437 g/mol. The molecule has 2 aliphatic heterocycles. The number of carboxylic acids is 1. The van der Waals surface area contributed by atoms with E-state index in [2.05, 4.69) is 30.7 Å². The highest BCUT2D eigenvalue weighted by molar-refractivity contribution is 5.88. The number of para-hydroxylation sites is 2. The Balaban J connectivity index is 1.41.